The average Bonchev–Trinajstić information content (AvgIpc) is 3.38. The lowest BCUT2D eigenvalue weighted by Gasteiger charge is -2.21. The van der Waals surface area contributed by atoms with Crippen molar-refractivity contribution in [3.05, 3.63) is 67.5 Å². The van der Waals surface area contributed by atoms with Crippen molar-refractivity contribution >= 4 is 73.0 Å². The first-order valence-electron chi connectivity index (χ1n) is 12.9. The van der Waals surface area contributed by atoms with Gasteiger partial charge in [0.05, 0.1) is 31.8 Å². The fourth-order valence-corrected chi connectivity index (χ4v) is 4.95. The molecule has 2 atom stereocenters. The van der Waals surface area contributed by atoms with Crippen LogP contribution < -0.4 is 27.7 Å². The number of amides is 4. The molecule has 4 amide bonds. The fraction of sp³-hybridized carbons (Fsp3) is 0.308. The van der Waals surface area contributed by atoms with Gasteiger partial charge in [-0.2, -0.15) is 0 Å². The maximum Gasteiger partial charge on any atom is 0.329 e. The number of nitrogens with two attached hydrogens (primary N) is 1. The predicted molar refractivity (Wildman–Crippen MR) is 158 cm³/mol. The number of nitrogen functional groups attached to an aromatic ring is 1. The van der Waals surface area contributed by atoms with E-state index in [1.807, 2.05) is 0 Å². The molecule has 226 valence electrons. The van der Waals surface area contributed by atoms with Crippen molar-refractivity contribution in [2.24, 2.45) is 14.1 Å². The first kappa shape index (κ1) is 30.9. The molecule has 2 aliphatic rings. The number of carbonyl (C=O) groups is 4. The SMILES string of the molecule is Cn1c(=O)[nH]c2ccc([N+](=O)[O-])cc21.Cn1c(=O)n(C2CCC(=O)NC2=O)c2ccc(N)cc21.O=C1CCC(Br)C(=O)N1. The van der Waals surface area contributed by atoms with Gasteiger partial charge in [0.25, 0.3) is 5.69 Å². The van der Waals surface area contributed by atoms with E-state index in [0.29, 0.717) is 47.0 Å². The summed E-state index contributed by atoms with van der Waals surface area (Å²) in [5.74, 6) is -1.13. The minimum Gasteiger partial charge on any atom is -0.399 e. The number of fused-ring (bicyclic) bond motifs is 2. The Bertz CT molecular complexity index is 1900. The van der Waals surface area contributed by atoms with E-state index in [-0.39, 0.29) is 46.0 Å². The zero-order chi connectivity index (χ0) is 31.6. The van der Waals surface area contributed by atoms with Crippen LogP contribution in [0.25, 0.3) is 22.1 Å². The summed E-state index contributed by atoms with van der Waals surface area (Å²) >= 11 is 3.12. The zero-order valence-corrected chi connectivity index (χ0v) is 24.5. The molecule has 2 unspecified atom stereocenters. The highest BCUT2D eigenvalue weighted by molar-refractivity contribution is 9.10. The van der Waals surface area contributed by atoms with Crippen LogP contribution >= 0.6 is 15.9 Å². The summed E-state index contributed by atoms with van der Waals surface area (Å²) in [6, 6.07) is 8.69. The van der Waals surface area contributed by atoms with Gasteiger partial charge in [0.15, 0.2) is 0 Å². The first-order chi connectivity index (χ1) is 20.3. The highest BCUT2D eigenvalue weighted by Crippen LogP contribution is 2.24. The minimum absolute atomic E-state index is 0.0212. The molecular formula is C26H27BrN8O8. The lowest BCUT2D eigenvalue weighted by Crippen LogP contribution is -2.44. The Morgan fingerprint density at radius 3 is 2.12 bits per heavy atom. The van der Waals surface area contributed by atoms with E-state index in [0.717, 1.165) is 0 Å². The van der Waals surface area contributed by atoms with Crippen LogP contribution in [0.3, 0.4) is 0 Å². The van der Waals surface area contributed by atoms with E-state index >= 15 is 0 Å². The molecule has 43 heavy (non-hydrogen) atoms. The molecule has 6 rings (SSSR count). The van der Waals surface area contributed by atoms with Crippen molar-refractivity contribution in [3.8, 4) is 0 Å². The highest BCUT2D eigenvalue weighted by atomic mass is 79.9. The van der Waals surface area contributed by atoms with Gasteiger partial charge in [-0.15, -0.1) is 0 Å². The predicted octanol–water partition coefficient (Wildman–Crippen LogP) is 0.861. The number of aromatic amines is 1. The quantitative estimate of drug-likeness (QED) is 0.0786. The molecule has 0 radical (unpaired) electrons. The van der Waals surface area contributed by atoms with E-state index in [2.05, 4.69) is 31.5 Å². The third-order valence-corrected chi connectivity index (χ3v) is 7.78. The van der Waals surface area contributed by atoms with Crippen molar-refractivity contribution in [1.29, 1.82) is 0 Å². The molecule has 0 bridgehead atoms. The van der Waals surface area contributed by atoms with E-state index < -0.39 is 16.9 Å². The van der Waals surface area contributed by atoms with E-state index in [4.69, 9.17) is 5.73 Å². The van der Waals surface area contributed by atoms with Gasteiger partial charge in [-0.25, -0.2) is 9.59 Å². The molecule has 0 aliphatic carbocycles. The van der Waals surface area contributed by atoms with E-state index in [1.165, 1.54) is 31.9 Å². The van der Waals surface area contributed by atoms with Crippen LogP contribution in [0.15, 0.2) is 46.0 Å². The Hall–Kier alpha value is -5.06. The summed E-state index contributed by atoms with van der Waals surface area (Å²) < 4.78 is 4.22. The number of imidazole rings is 2. The first-order valence-corrected chi connectivity index (χ1v) is 13.8. The van der Waals surface area contributed by atoms with Crippen LogP contribution in [0, 0.1) is 10.1 Å². The molecule has 2 saturated heterocycles. The lowest BCUT2D eigenvalue weighted by atomic mass is 10.1. The third kappa shape index (κ3) is 6.56. The van der Waals surface area contributed by atoms with Crippen molar-refractivity contribution in [2.45, 2.75) is 36.6 Å². The van der Waals surface area contributed by atoms with E-state index in [1.54, 1.807) is 32.3 Å². The second-order valence-electron chi connectivity index (χ2n) is 9.79. The van der Waals surface area contributed by atoms with E-state index in [9.17, 15) is 38.9 Å². The molecule has 0 spiro atoms. The number of piperidine rings is 2. The molecular weight excluding hydrogens is 632 g/mol. The number of alkyl halides is 1. The third-order valence-electron chi connectivity index (χ3n) is 6.91. The minimum atomic E-state index is -0.660. The summed E-state index contributed by atoms with van der Waals surface area (Å²) in [5.41, 5.74) is 8.13. The van der Waals surface area contributed by atoms with Crippen LogP contribution in [-0.2, 0) is 33.3 Å². The number of anilines is 1. The molecule has 2 fully saturated rings. The number of hydrogen-bond acceptors (Lipinski definition) is 9. The normalized spacial score (nSPS) is 18.3. The van der Waals surface area contributed by atoms with Gasteiger partial charge in [0.1, 0.15) is 6.04 Å². The summed E-state index contributed by atoms with van der Waals surface area (Å²) in [4.78, 5) is 80.1. The number of aromatic nitrogens is 4. The molecule has 4 aromatic rings. The molecule has 2 aromatic heterocycles. The number of non-ortho nitro benzene ring substituents is 1. The van der Waals surface area contributed by atoms with Gasteiger partial charge in [-0.3, -0.25) is 53.6 Å². The topological polar surface area (TPSA) is 226 Å². The average molecular weight is 659 g/mol. The number of imide groups is 2. The summed E-state index contributed by atoms with van der Waals surface area (Å²) in [6.45, 7) is 0. The molecule has 2 aliphatic heterocycles. The molecule has 0 saturated carbocycles. The number of H-pyrrole nitrogens is 1. The lowest BCUT2D eigenvalue weighted by molar-refractivity contribution is -0.384. The Balaban J connectivity index is 0.000000160. The van der Waals surface area contributed by atoms with Gasteiger partial charge in [-0.05, 0) is 37.1 Å². The number of benzene rings is 2. The molecule has 2 aromatic carbocycles. The summed E-state index contributed by atoms with van der Waals surface area (Å²) in [7, 11) is 3.19. The second-order valence-corrected chi connectivity index (χ2v) is 10.9. The molecule has 16 nitrogen and oxygen atoms in total. The monoisotopic (exact) mass is 658 g/mol. The number of rotatable bonds is 2. The summed E-state index contributed by atoms with van der Waals surface area (Å²) in [6.07, 6.45) is 1.62. The molecule has 5 N–H and O–H groups in total. The van der Waals surface area contributed by atoms with Gasteiger partial charge in [-0.1, -0.05) is 15.9 Å². The second kappa shape index (κ2) is 12.4. The largest absolute Gasteiger partial charge is 0.399 e. The number of carbonyl (C=O) groups excluding carboxylic acids is 4. The maximum absolute atomic E-state index is 12.3. The fourth-order valence-electron chi connectivity index (χ4n) is 4.60. The Morgan fingerprint density at radius 2 is 1.51 bits per heavy atom. The van der Waals surface area contributed by atoms with Crippen molar-refractivity contribution in [2.75, 3.05) is 5.73 Å². The van der Waals surface area contributed by atoms with Gasteiger partial charge in [0.2, 0.25) is 23.6 Å². The number of halogens is 1. The smallest absolute Gasteiger partial charge is 0.329 e. The standard InChI is InChI=1S/C13H14N4O3.C8H7N3O3.C5H6BrNO2/c1-16-10-6-7(14)2-3-8(10)17(13(16)20)9-4-5-11(18)15-12(9)19;1-10-7-4-5(11(13)14)2-3-6(7)9-8(10)12;6-3-1-2-4(8)7-5(3)9/h2-3,6,9H,4-5,14H2,1H3,(H,15,18,19);2-4H,1H3,(H,9,12);3H,1-2H2,(H,7,8,9). The Labute approximate surface area is 250 Å². The van der Waals surface area contributed by atoms with Crippen molar-refractivity contribution in [1.82, 2.24) is 29.3 Å². The van der Waals surface area contributed by atoms with Crippen LogP contribution in [-0.4, -0.2) is 52.1 Å². The van der Waals surface area contributed by atoms with Crippen LogP contribution in [0.1, 0.15) is 31.7 Å². The van der Waals surface area contributed by atoms with Gasteiger partial charge in [0, 0.05) is 44.8 Å². The number of nitro groups is 1. The van der Waals surface area contributed by atoms with Gasteiger partial charge < -0.3 is 10.7 Å². The number of aryl methyl sites for hydroxylation is 2. The highest BCUT2D eigenvalue weighted by Gasteiger charge is 2.31. The van der Waals surface area contributed by atoms with Crippen LogP contribution in [0.5, 0.6) is 0 Å². The maximum atomic E-state index is 12.3. The number of nitrogens with zero attached hydrogens (tertiary/aromatic N) is 4. The molecule has 4 heterocycles. The number of hydrogen-bond donors (Lipinski definition) is 4. The van der Waals surface area contributed by atoms with Crippen molar-refractivity contribution < 1.29 is 24.1 Å². The summed E-state index contributed by atoms with van der Waals surface area (Å²) in [5, 5.41) is 14.9. The Morgan fingerprint density at radius 1 is 0.860 bits per heavy atom. The zero-order valence-electron chi connectivity index (χ0n) is 23.0. The number of nitrogens with one attached hydrogen (secondary N) is 3. The van der Waals surface area contributed by atoms with Crippen LogP contribution in [0.4, 0.5) is 11.4 Å². The van der Waals surface area contributed by atoms with Crippen LogP contribution in [0.2, 0.25) is 0 Å². The number of nitro benzene ring substituents is 1. The van der Waals surface area contributed by atoms with Gasteiger partial charge >= 0.3 is 11.4 Å². The molecule has 17 heteroatoms. The Kier molecular flexibility index (Phi) is 8.93. The van der Waals surface area contributed by atoms with Crippen molar-refractivity contribution in [3.63, 3.8) is 0 Å².